The van der Waals surface area contributed by atoms with E-state index in [4.69, 9.17) is 4.74 Å². The number of nitrogens with one attached hydrogen (secondary N) is 1. The number of carbonyl (C=O) groups excluding carboxylic acids is 1. The molecule has 2 amide bonds. The molecule has 1 fully saturated rings. The van der Waals surface area contributed by atoms with E-state index in [1.807, 2.05) is 13.0 Å². The van der Waals surface area contributed by atoms with Crippen molar-refractivity contribution in [1.82, 2.24) is 10.2 Å². The van der Waals surface area contributed by atoms with Crippen molar-refractivity contribution < 1.29 is 19.0 Å². The van der Waals surface area contributed by atoms with E-state index >= 15 is 0 Å². The minimum atomic E-state index is -0.485. The Morgan fingerprint density at radius 2 is 2.30 bits per heavy atom. The molecule has 2 rings (SSSR count). The van der Waals surface area contributed by atoms with Gasteiger partial charge in [-0.1, -0.05) is 12.1 Å². The lowest BCUT2D eigenvalue weighted by molar-refractivity contribution is -0.00471. The van der Waals surface area contributed by atoms with Crippen molar-refractivity contribution in [3.05, 3.63) is 35.6 Å². The van der Waals surface area contributed by atoms with E-state index in [0.29, 0.717) is 32.6 Å². The molecule has 0 unspecified atom stereocenters. The van der Waals surface area contributed by atoms with Crippen LogP contribution in [-0.4, -0.2) is 54.0 Å². The van der Waals surface area contributed by atoms with Gasteiger partial charge in [0.25, 0.3) is 0 Å². The normalized spacial score (nSPS) is 20.9. The zero-order chi connectivity index (χ0) is 16.8. The van der Waals surface area contributed by atoms with Crippen LogP contribution in [-0.2, 0) is 11.2 Å². The molecular formula is C17H25FN2O3. The Labute approximate surface area is 136 Å². The number of hydrogen-bond acceptors (Lipinski definition) is 3. The minimum absolute atomic E-state index is 0.112. The fourth-order valence-corrected chi connectivity index (χ4v) is 2.87. The Hall–Kier alpha value is -1.66. The molecule has 1 aromatic carbocycles. The zero-order valence-corrected chi connectivity index (χ0v) is 13.7. The summed E-state index contributed by atoms with van der Waals surface area (Å²) in [4.78, 5) is 14.2. The molecule has 0 radical (unpaired) electrons. The summed E-state index contributed by atoms with van der Waals surface area (Å²) in [5.41, 5.74) is 0.848. The van der Waals surface area contributed by atoms with Crippen molar-refractivity contribution in [2.45, 2.75) is 44.9 Å². The predicted molar refractivity (Wildman–Crippen MR) is 85.7 cm³/mol. The molecule has 1 heterocycles. The van der Waals surface area contributed by atoms with Crippen LogP contribution in [0.15, 0.2) is 24.3 Å². The maximum Gasteiger partial charge on any atom is 0.318 e. The average molecular weight is 324 g/mol. The van der Waals surface area contributed by atoms with Crippen LogP contribution in [0.5, 0.6) is 0 Å². The van der Waals surface area contributed by atoms with Gasteiger partial charge in [-0.05, 0) is 44.4 Å². The predicted octanol–water partition coefficient (Wildman–Crippen LogP) is 1.94. The highest BCUT2D eigenvalue weighted by Crippen LogP contribution is 2.14. The van der Waals surface area contributed by atoms with Gasteiger partial charge in [-0.25, -0.2) is 9.18 Å². The third-order valence-corrected chi connectivity index (χ3v) is 3.90. The number of benzene rings is 1. The highest BCUT2D eigenvalue weighted by Gasteiger charge is 2.28. The third-order valence-electron chi connectivity index (χ3n) is 3.90. The minimum Gasteiger partial charge on any atom is -0.393 e. The van der Waals surface area contributed by atoms with Crippen LogP contribution in [0.4, 0.5) is 9.18 Å². The van der Waals surface area contributed by atoms with Crippen LogP contribution in [0.3, 0.4) is 0 Å². The van der Waals surface area contributed by atoms with Gasteiger partial charge in [-0.15, -0.1) is 0 Å². The first-order valence-corrected chi connectivity index (χ1v) is 8.03. The first-order valence-electron chi connectivity index (χ1n) is 8.03. The van der Waals surface area contributed by atoms with E-state index in [-0.39, 0.29) is 23.9 Å². The second-order valence-electron chi connectivity index (χ2n) is 6.19. The quantitative estimate of drug-likeness (QED) is 0.870. The molecule has 0 spiro atoms. The first kappa shape index (κ1) is 17.7. The molecule has 1 aliphatic heterocycles. The number of nitrogens with zero attached hydrogens (tertiary/aromatic N) is 1. The van der Waals surface area contributed by atoms with Crippen molar-refractivity contribution in [3.63, 3.8) is 0 Å². The monoisotopic (exact) mass is 324 g/mol. The van der Waals surface area contributed by atoms with Gasteiger partial charge < -0.3 is 20.1 Å². The number of carbonyl (C=O) groups is 1. The van der Waals surface area contributed by atoms with E-state index in [9.17, 15) is 14.3 Å². The number of aliphatic hydroxyl groups excluding tert-OH is 1. The summed E-state index contributed by atoms with van der Waals surface area (Å²) < 4.78 is 18.6. The molecule has 128 valence electrons. The number of urea groups is 1. The van der Waals surface area contributed by atoms with Crippen LogP contribution in [0.1, 0.15) is 25.8 Å². The Morgan fingerprint density at radius 3 is 3.00 bits per heavy atom. The van der Waals surface area contributed by atoms with E-state index in [2.05, 4.69) is 5.32 Å². The Kier molecular flexibility index (Phi) is 6.36. The zero-order valence-electron chi connectivity index (χ0n) is 13.7. The Morgan fingerprint density at radius 1 is 1.52 bits per heavy atom. The molecular weight excluding hydrogens is 299 g/mol. The smallest absolute Gasteiger partial charge is 0.318 e. The molecule has 2 N–H and O–H groups in total. The van der Waals surface area contributed by atoms with Gasteiger partial charge in [-0.2, -0.15) is 0 Å². The lowest BCUT2D eigenvalue weighted by Crippen LogP contribution is -2.54. The molecule has 0 saturated carbocycles. The fraction of sp³-hybridized carbons (Fsp3) is 0.588. The van der Waals surface area contributed by atoms with Crippen molar-refractivity contribution in [3.8, 4) is 0 Å². The highest BCUT2D eigenvalue weighted by atomic mass is 19.1. The standard InChI is InChI=1S/C17H25FN2O3/c1-12(8-14-4-3-5-15(18)10-14)19-17(22)20-6-7-23-11-16(20)9-13(2)21/h3-5,10,12-13,16,21H,6-9,11H2,1-2H3,(H,19,22)/t12-,13-,16-/m0/s1. The largest absolute Gasteiger partial charge is 0.393 e. The maximum absolute atomic E-state index is 13.2. The molecule has 23 heavy (non-hydrogen) atoms. The van der Waals surface area contributed by atoms with Gasteiger partial charge in [0.1, 0.15) is 5.82 Å². The first-order chi connectivity index (χ1) is 11.0. The van der Waals surface area contributed by atoms with Crippen LogP contribution >= 0.6 is 0 Å². The average Bonchev–Trinajstić information content (AvgIpc) is 2.46. The van der Waals surface area contributed by atoms with Crippen LogP contribution in [0.2, 0.25) is 0 Å². The van der Waals surface area contributed by atoms with Gasteiger partial charge in [0.2, 0.25) is 0 Å². The van der Waals surface area contributed by atoms with Gasteiger partial charge in [0.05, 0.1) is 25.4 Å². The van der Waals surface area contributed by atoms with E-state index in [1.54, 1.807) is 17.9 Å². The number of rotatable bonds is 5. The van der Waals surface area contributed by atoms with Crippen molar-refractivity contribution in [1.29, 1.82) is 0 Å². The molecule has 6 heteroatoms. The Balaban J connectivity index is 1.91. The molecule has 0 bridgehead atoms. The van der Waals surface area contributed by atoms with Gasteiger partial charge in [0.15, 0.2) is 0 Å². The molecule has 1 saturated heterocycles. The lowest BCUT2D eigenvalue weighted by atomic mass is 10.1. The summed E-state index contributed by atoms with van der Waals surface area (Å²) in [7, 11) is 0. The number of aliphatic hydroxyl groups is 1. The van der Waals surface area contributed by atoms with Crippen LogP contribution in [0.25, 0.3) is 0 Å². The fourth-order valence-electron chi connectivity index (χ4n) is 2.87. The summed E-state index contributed by atoms with van der Waals surface area (Å²) in [6, 6.07) is 6.00. The van der Waals surface area contributed by atoms with Gasteiger partial charge >= 0.3 is 6.03 Å². The van der Waals surface area contributed by atoms with Crippen molar-refractivity contribution in [2.75, 3.05) is 19.8 Å². The molecule has 1 aromatic rings. The molecule has 0 aliphatic carbocycles. The van der Waals surface area contributed by atoms with Gasteiger partial charge in [-0.3, -0.25) is 0 Å². The number of halogens is 1. The summed E-state index contributed by atoms with van der Waals surface area (Å²) >= 11 is 0. The number of morpholine rings is 1. The van der Waals surface area contributed by atoms with E-state index in [0.717, 1.165) is 5.56 Å². The summed E-state index contributed by atoms with van der Waals surface area (Å²) in [5, 5.41) is 12.5. The third kappa shape index (κ3) is 5.48. The van der Waals surface area contributed by atoms with Crippen LogP contribution in [0, 0.1) is 5.82 Å². The summed E-state index contributed by atoms with van der Waals surface area (Å²) in [5.74, 6) is -0.272. The topological polar surface area (TPSA) is 61.8 Å². The highest BCUT2D eigenvalue weighted by molar-refractivity contribution is 5.75. The maximum atomic E-state index is 13.2. The molecule has 0 aromatic heterocycles. The second-order valence-corrected chi connectivity index (χ2v) is 6.19. The molecule has 1 aliphatic rings. The second kappa shape index (κ2) is 8.26. The Bertz CT molecular complexity index is 524. The van der Waals surface area contributed by atoms with E-state index < -0.39 is 6.10 Å². The number of ether oxygens (including phenoxy) is 1. The van der Waals surface area contributed by atoms with Crippen molar-refractivity contribution in [2.24, 2.45) is 0 Å². The van der Waals surface area contributed by atoms with Crippen LogP contribution < -0.4 is 5.32 Å². The molecule has 3 atom stereocenters. The number of amides is 2. The summed E-state index contributed by atoms with van der Waals surface area (Å²) in [6.45, 7) is 5.05. The molecule has 5 nitrogen and oxygen atoms in total. The van der Waals surface area contributed by atoms with Crippen molar-refractivity contribution >= 4 is 6.03 Å². The SMILES string of the molecule is C[C@H](O)C[C@H]1COCCN1C(=O)N[C@@H](C)Cc1cccc(F)c1. The van der Waals surface area contributed by atoms with E-state index in [1.165, 1.54) is 12.1 Å². The lowest BCUT2D eigenvalue weighted by Gasteiger charge is -2.37. The van der Waals surface area contributed by atoms with Gasteiger partial charge in [0, 0.05) is 12.6 Å². The summed E-state index contributed by atoms with van der Waals surface area (Å²) in [6.07, 6.45) is 0.572. The number of hydrogen-bond donors (Lipinski definition) is 2.